The van der Waals surface area contributed by atoms with Crippen LogP contribution in [0.2, 0.25) is 0 Å². The summed E-state index contributed by atoms with van der Waals surface area (Å²) in [6.07, 6.45) is -1.83. The molecule has 2 unspecified atom stereocenters. The van der Waals surface area contributed by atoms with Crippen molar-refractivity contribution in [3.8, 4) is 0 Å². The molecule has 0 aliphatic heterocycles. The van der Waals surface area contributed by atoms with Crippen LogP contribution in [0.15, 0.2) is 0 Å². The summed E-state index contributed by atoms with van der Waals surface area (Å²) in [5.41, 5.74) is 0. The summed E-state index contributed by atoms with van der Waals surface area (Å²) in [5, 5.41) is 8.82. The minimum Gasteiger partial charge on any atom is -0.449 e. The second-order valence-electron chi connectivity index (χ2n) is 3.30. The van der Waals surface area contributed by atoms with E-state index in [-0.39, 0.29) is 6.42 Å². The molecule has 6 heteroatoms. The SMILES string of the molecule is CCCC(=O)OC(=O)C(C)OC(=O)C(C)O. The summed E-state index contributed by atoms with van der Waals surface area (Å²) >= 11 is 0. The number of ether oxygens (including phenoxy) is 2. The second-order valence-corrected chi connectivity index (χ2v) is 3.30. The highest BCUT2D eigenvalue weighted by Gasteiger charge is 2.23. The van der Waals surface area contributed by atoms with Gasteiger partial charge in [0.05, 0.1) is 0 Å². The van der Waals surface area contributed by atoms with Crippen molar-refractivity contribution in [3.63, 3.8) is 0 Å². The number of hydrogen-bond donors (Lipinski definition) is 1. The number of rotatable bonds is 5. The zero-order chi connectivity index (χ0) is 12.7. The zero-order valence-corrected chi connectivity index (χ0v) is 9.56. The Morgan fingerprint density at radius 1 is 1.19 bits per heavy atom. The monoisotopic (exact) mass is 232 g/mol. The Morgan fingerprint density at radius 3 is 2.19 bits per heavy atom. The van der Waals surface area contributed by atoms with Gasteiger partial charge in [0.15, 0.2) is 6.10 Å². The van der Waals surface area contributed by atoms with Gasteiger partial charge < -0.3 is 14.6 Å². The van der Waals surface area contributed by atoms with E-state index in [0.717, 1.165) is 0 Å². The Morgan fingerprint density at radius 2 is 1.75 bits per heavy atom. The van der Waals surface area contributed by atoms with E-state index in [4.69, 9.17) is 5.11 Å². The van der Waals surface area contributed by atoms with E-state index in [2.05, 4.69) is 9.47 Å². The number of carbonyl (C=O) groups is 3. The molecule has 0 saturated heterocycles. The van der Waals surface area contributed by atoms with Crippen LogP contribution in [0.25, 0.3) is 0 Å². The van der Waals surface area contributed by atoms with Crippen LogP contribution in [-0.2, 0) is 23.9 Å². The smallest absolute Gasteiger partial charge is 0.354 e. The molecule has 0 fully saturated rings. The lowest BCUT2D eigenvalue weighted by molar-refractivity contribution is -0.176. The second kappa shape index (κ2) is 6.95. The topological polar surface area (TPSA) is 89.9 Å². The van der Waals surface area contributed by atoms with Crippen molar-refractivity contribution in [1.82, 2.24) is 0 Å². The third-order valence-corrected chi connectivity index (χ3v) is 1.63. The molecular weight excluding hydrogens is 216 g/mol. The highest BCUT2D eigenvalue weighted by molar-refractivity contribution is 5.89. The molecule has 0 bridgehead atoms. The first kappa shape index (κ1) is 14.6. The first-order valence-electron chi connectivity index (χ1n) is 5.01. The molecule has 0 radical (unpaired) electrons. The predicted molar refractivity (Wildman–Crippen MR) is 53.2 cm³/mol. The molecule has 0 aromatic heterocycles. The molecule has 2 atom stereocenters. The third-order valence-electron chi connectivity index (χ3n) is 1.63. The average molecular weight is 232 g/mol. The standard InChI is InChI=1S/C10H16O6/c1-4-5-8(12)16-10(14)7(3)15-9(13)6(2)11/h6-7,11H,4-5H2,1-3H3. The molecule has 1 N–H and O–H groups in total. The first-order chi connectivity index (χ1) is 7.38. The number of aliphatic hydroxyl groups is 1. The molecule has 16 heavy (non-hydrogen) atoms. The van der Waals surface area contributed by atoms with Gasteiger partial charge in [-0.2, -0.15) is 0 Å². The Hall–Kier alpha value is -1.43. The lowest BCUT2D eigenvalue weighted by Gasteiger charge is -2.12. The van der Waals surface area contributed by atoms with E-state index in [1.807, 2.05) is 0 Å². The van der Waals surface area contributed by atoms with Crippen molar-refractivity contribution in [2.75, 3.05) is 0 Å². The summed E-state index contributed by atoms with van der Waals surface area (Å²) in [6, 6.07) is 0. The fraction of sp³-hybridized carbons (Fsp3) is 0.700. The first-order valence-corrected chi connectivity index (χ1v) is 5.01. The molecule has 92 valence electrons. The predicted octanol–water partition coefficient (Wildman–Crippen LogP) is 0.169. The van der Waals surface area contributed by atoms with Crippen LogP contribution in [-0.4, -0.2) is 35.2 Å². The van der Waals surface area contributed by atoms with E-state index >= 15 is 0 Å². The molecule has 0 saturated carbocycles. The fourth-order valence-electron chi connectivity index (χ4n) is 0.771. The minimum absolute atomic E-state index is 0.128. The molecule has 0 rings (SSSR count). The van der Waals surface area contributed by atoms with Crippen molar-refractivity contribution in [2.45, 2.75) is 45.8 Å². The Bertz CT molecular complexity index is 270. The van der Waals surface area contributed by atoms with Crippen LogP contribution in [0.5, 0.6) is 0 Å². The van der Waals surface area contributed by atoms with Gasteiger partial charge in [-0.05, 0) is 20.3 Å². The molecule has 0 aromatic carbocycles. The molecule has 0 heterocycles. The maximum Gasteiger partial charge on any atom is 0.354 e. The molecular formula is C10H16O6. The van der Waals surface area contributed by atoms with Crippen LogP contribution in [0.4, 0.5) is 0 Å². The van der Waals surface area contributed by atoms with Crippen LogP contribution in [0.3, 0.4) is 0 Å². The van der Waals surface area contributed by atoms with Gasteiger partial charge in [-0.15, -0.1) is 0 Å². The lowest BCUT2D eigenvalue weighted by atomic mass is 10.3. The van der Waals surface area contributed by atoms with Crippen molar-refractivity contribution in [2.24, 2.45) is 0 Å². The zero-order valence-electron chi connectivity index (χ0n) is 9.56. The number of carbonyl (C=O) groups excluding carboxylic acids is 3. The maximum absolute atomic E-state index is 11.2. The van der Waals surface area contributed by atoms with Crippen molar-refractivity contribution in [1.29, 1.82) is 0 Å². The van der Waals surface area contributed by atoms with Crippen LogP contribution < -0.4 is 0 Å². The highest BCUT2D eigenvalue weighted by Crippen LogP contribution is 2.00. The summed E-state index contributed by atoms with van der Waals surface area (Å²) < 4.78 is 8.93. The van der Waals surface area contributed by atoms with E-state index in [9.17, 15) is 14.4 Å². The summed E-state index contributed by atoms with van der Waals surface area (Å²) in [6.45, 7) is 4.24. The lowest BCUT2D eigenvalue weighted by Crippen LogP contribution is -2.31. The van der Waals surface area contributed by atoms with Crippen LogP contribution in [0.1, 0.15) is 33.6 Å². The molecule has 6 nitrogen and oxygen atoms in total. The van der Waals surface area contributed by atoms with Gasteiger partial charge in [-0.25, -0.2) is 9.59 Å². The van der Waals surface area contributed by atoms with E-state index in [0.29, 0.717) is 6.42 Å². The minimum atomic E-state index is -1.32. The molecule has 0 aromatic rings. The Balaban J connectivity index is 4.09. The quantitative estimate of drug-likeness (QED) is 0.536. The number of hydrogen-bond acceptors (Lipinski definition) is 6. The van der Waals surface area contributed by atoms with Gasteiger partial charge in [0, 0.05) is 6.42 Å². The van der Waals surface area contributed by atoms with Crippen molar-refractivity contribution >= 4 is 17.9 Å². The van der Waals surface area contributed by atoms with Crippen molar-refractivity contribution in [3.05, 3.63) is 0 Å². The van der Waals surface area contributed by atoms with E-state index in [1.54, 1.807) is 6.92 Å². The van der Waals surface area contributed by atoms with Gasteiger partial charge >= 0.3 is 17.9 Å². The summed E-state index contributed by atoms with van der Waals surface area (Å²) in [4.78, 5) is 33.0. The van der Waals surface area contributed by atoms with Gasteiger partial charge in [-0.3, -0.25) is 4.79 Å². The number of aliphatic hydroxyl groups excluding tert-OH is 1. The molecule has 0 spiro atoms. The summed E-state index contributed by atoms with van der Waals surface area (Å²) in [5.74, 6) is -2.53. The number of esters is 3. The van der Waals surface area contributed by atoms with Crippen LogP contribution >= 0.6 is 0 Å². The van der Waals surface area contributed by atoms with Gasteiger partial charge in [0.25, 0.3) is 0 Å². The van der Waals surface area contributed by atoms with Crippen molar-refractivity contribution < 1.29 is 29.0 Å². The van der Waals surface area contributed by atoms with Gasteiger partial charge in [0.1, 0.15) is 6.10 Å². The normalized spacial score (nSPS) is 13.8. The Labute approximate surface area is 93.5 Å². The van der Waals surface area contributed by atoms with E-state index in [1.165, 1.54) is 13.8 Å². The third kappa shape index (κ3) is 5.45. The molecule has 0 aliphatic carbocycles. The maximum atomic E-state index is 11.2. The van der Waals surface area contributed by atoms with E-state index < -0.39 is 30.1 Å². The van der Waals surface area contributed by atoms with Gasteiger partial charge in [-0.1, -0.05) is 6.92 Å². The molecule has 0 aliphatic rings. The largest absolute Gasteiger partial charge is 0.449 e. The van der Waals surface area contributed by atoms with Gasteiger partial charge in [0.2, 0.25) is 0 Å². The summed E-state index contributed by atoms with van der Waals surface area (Å²) in [7, 11) is 0. The molecule has 0 amide bonds. The Kier molecular flexibility index (Phi) is 6.32. The van der Waals surface area contributed by atoms with Crippen LogP contribution in [0, 0.1) is 0 Å². The highest BCUT2D eigenvalue weighted by atomic mass is 16.6. The fourth-order valence-corrected chi connectivity index (χ4v) is 0.771. The average Bonchev–Trinajstić information content (AvgIpc) is 2.17.